The maximum atomic E-state index is 10.6. The molecule has 0 fully saturated rings. The predicted molar refractivity (Wildman–Crippen MR) is 45.1 cm³/mol. The third kappa shape index (κ3) is 1.35. The Morgan fingerprint density at radius 1 is 1.13 bits per heavy atom. The predicted octanol–water partition coefficient (Wildman–Crippen LogP) is 1.04. The zero-order valence-electron chi connectivity index (χ0n) is 6.98. The Bertz CT molecular complexity index is 562. The van der Waals surface area contributed by atoms with Gasteiger partial charge in [0, 0.05) is 6.07 Å². The second-order valence-electron chi connectivity index (χ2n) is 2.61. The van der Waals surface area contributed by atoms with E-state index in [9.17, 15) is 20.2 Å². The van der Waals surface area contributed by atoms with Gasteiger partial charge in [0.1, 0.15) is 5.52 Å². The van der Waals surface area contributed by atoms with Crippen molar-refractivity contribution in [3.05, 3.63) is 32.4 Å². The zero-order valence-corrected chi connectivity index (χ0v) is 6.98. The summed E-state index contributed by atoms with van der Waals surface area (Å²) in [6, 6.07) is 1.87. The van der Waals surface area contributed by atoms with Gasteiger partial charge in [-0.1, -0.05) is 0 Å². The maximum Gasteiger partial charge on any atom is 0.307 e. The molecule has 2 aromatic rings. The molecule has 1 aromatic carbocycles. The quantitative estimate of drug-likeness (QED) is 0.535. The fraction of sp³-hybridized carbons (Fsp3) is 0. The summed E-state index contributed by atoms with van der Waals surface area (Å²) >= 11 is 0. The number of benzene rings is 1. The molecular formula is C6H2N4O5. The van der Waals surface area contributed by atoms with Crippen molar-refractivity contribution in [3.8, 4) is 0 Å². The van der Waals surface area contributed by atoms with E-state index in [0.717, 1.165) is 12.1 Å². The third-order valence-corrected chi connectivity index (χ3v) is 1.73. The average molecular weight is 210 g/mol. The molecule has 76 valence electrons. The molecule has 0 N–H and O–H groups in total. The van der Waals surface area contributed by atoms with E-state index in [-0.39, 0.29) is 11.0 Å². The smallest absolute Gasteiger partial charge is 0.258 e. The van der Waals surface area contributed by atoms with Crippen molar-refractivity contribution in [1.29, 1.82) is 0 Å². The number of aromatic nitrogens is 2. The van der Waals surface area contributed by atoms with E-state index in [0.29, 0.717) is 0 Å². The summed E-state index contributed by atoms with van der Waals surface area (Å²) in [4.78, 5) is 19.5. The van der Waals surface area contributed by atoms with Crippen LogP contribution in [0.25, 0.3) is 11.0 Å². The largest absolute Gasteiger partial charge is 0.307 e. The van der Waals surface area contributed by atoms with Crippen molar-refractivity contribution in [1.82, 2.24) is 10.3 Å². The lowest BCUT2D eigenvalue weighted by Crippen LogP contribution is -1.93. The van der Waals surface area contributed by atoms with Crippen molar-refractivity contribution >= 4 is 22.4 Å². The van der Waals surface area contributed by atoms with E-state index in [1.165, 1.54) is 0 Å². The fourth-order valence-electron chi connectivity index (χ4n) is 1.10. The molecule has 9 nitrogen and oxygen atoms in total. The molecular weight excluding hydrogens is 208 g/mol. The summed E-state index contributed by atoms with van der Waals surface area (Å²) < 4.78 is 4.26. The zero-order chi connectivity index (χ0) is 11.0. The molecule has 1 aromatic heterocycles. The number of fused-ring (bicyclic) bond motifs is 1. The first-order valence-corrected chi connectivity index (χ1v) is 3.64. The standard InChI is InChI=1S/C6H2N4O5/c11-9(12)3-1-4-6(8-15-7-4)5(2-3)10(13)14/h1-2H. The Morgan fingerprint density at radius 2 is 1.87 bits per heavy atom. The van der Waals surface area contributed by atoms with Gasteiger partial charge in [-0.25, -0.2) is 4.63 Å². The fourth-order valence-corrected chi connectivity index (χ4v) is 1.10. The van der Waals surface area contributed by atoms with E-state index in [1.807, 2.05) is 0 Å². The number of non-ortho nitro benzene ring substituents is 2. The Balaban J connectivity index is 2.80. The van der Waals surface area contributed by atoms with Crippen LogP contribution < -0.4 is 0 Å². The van der Waals surface area contributed by atoms with Crippen molar-refractivity contribution < 1.29 is 14.5 Å². The number of nitro groups is 2. The molecule has 0 saturated heterocycles. The molecule has 0 aliphatic heterocycles. The molecule has 15 heavy (non-hydrogen) atoms. The first-order chi connectivity index (χ1) is 7.09. The highest BCUT2D eigenvalue weighted by Gasteiger charge is 2.22. The van der Waals surface area contributed by atoms with E-state index in [1.54, 1.807) is 0 Å². The molecule has 0 amide bonds. The Kier molecular flexibility index (Phi) is 1.78. The first kappa shape index (κ1) is 8.99. The van der Waals surface area contributed by atoms with Crippen LogP contribution in [0.3, 0.4) is 0 Å². The summed E-state index contributed by atoms with van der Waals surface area (Å²) in [5, 5.41) is 27.6. The van der Waals surface area contributed by atoms with Gasteiger partial charge in [0.2, 0.25) is 5.52 Å². The highest BCUT2D eigenvalue weighted by Crippen LogP contribution is 2.28. The van der Waals surface area contributed by atoms with Gasteiger partial charge in [-0.3, -0.25) is 20.2 Å². The minimum atomic E-state index is -0.778. The lowest BCUT2D eigenvalue weighted by molar-refractivity contribution is -0.393. The van der Waals surface area contributed by atoms with Gasteiger partial charge in [0.05, 0.1) is 15.9 Å². The minimum absolute atomic E-state index is 0.0177. The summed E-state index contributed by atoms with van der Waals surface area (Å²) in [7, 11) is 0. The van der Waals surface area contributed by atoms with E-state index < -0.39 is 21.2 Å². The normalized spacial score (nSPS) is 10.4. The van der Waals surface area contributed by atoms with Gasteiger partial charge in [-0.15, -0.1) is 0 Å². The first-order valence-electron chi connectivity index (χ1n) is 3.64. The van der Waals surface area contributed by atoms with Gasteiger partial charge in [0.15, 0.2) is 0 Å². The van der Waals surface area contributed by atoms with Gasteiger partial charge in [-0.05, 0) is 10.3 Å². The van der Waals surface area contributed by atoms with Gasteiger partial charge >= 0.3 is 5.69 Å². The molecule has 1 heterocycles. The lowest BCUT2D eigenvalue weighted by atomic mass is 10.2. The third-order valence-electron chi connectivity index (χ3n) is 1.73. The Hall–Kier alpha value is -2.58. The molecule has 0 atom stereocenters. The molecule has 0 radical (unpaired) electrons. The van der Waals surface area contributed by atoms with Gasteiger partial charge < -0.3 is 0 Å². The Morgan fingerprint density at radius 3 is 2.47 bits per heavy atom. The van der Waals surface area contributed by atoms with Crippen LogP contribution >= 0.6 is 0 Å². The van der Waals surface area contributed by atoms with E-state index in [2.05, 4.69) is 14.9 Å². The second-order valence-corrected chi connectivity index (χ2v) is 2.61. The van der Waals surface area contributed by atoms with Crippen LogP contribution in [0.1, 0.15) is 0 Å². The summed E-state index contributed by atoms with van der Waals surface area (Å²) in [6.45, 7) is 0. The highest BCUT2D eigenvalue weighted by atomic mass is 16.6. The molecule has 9 heteroatoms. The average Bonchev–Trinajstić information content (AvgIpc) is 2.62. The number of nitro benzene ring substituents is 2. The molecule has 0 aliphatic rings. The Labute approximate surface area is 80.6 Å². The molecule has 2 rings (SSSR count). The summed E-state index contributed by atoms with van der Waals surface area (Å²) in [5.74, 6) is 0. The van der Waals surface area contributed by atoms with E-state index >= 15 is 0 Å². The molecule has 0 aliphatic carbocycles. The van der Waals surface area contributed by atoms with E-state index in [4.69, 9.17) is 0 Å². The lowest BCUT2D eigenvalue weighted by Gasteiger charge is -1.91. The number of nitrogens with zero attached hydrogens (tertiary/aromatic N) is 4. The van der Waals surface area contributed by atoms with Crippen LogP contribution in [0.15, 0.2) is 16.8 Å². The minimum Gasteiger partial charge on any atom is -0.258 e. The van der Waals surface area contributed by atoms with Crippen LogP contribution in [-0.2, 0) is 0 Å². The summed E-state index contributed by atoms with van der Waals surface area (Å²) in [6.07, 6.45) is 0. The van der Waals surface area contributed by atoms with Crippen molar-refractivity contribution in [2.75, 3.05) is 0 Å². The monoisotopic (exact) mass is 210 g/mol. The van der Waals surface area contributed by atoms with Gasteiger partial charge in [-0.2, -0.15) is 0 Å². The van der Waals surface area contributed by atoms with Crippen LogP contribution in [-0.4, -0.2) is 20.2 Å². The van der Waals surface area contributed by atoms with Crippen LogP contribution in [0.5, 0.6) is 0 Å². The topological polar surface area (TPSA) is 125 Å². The maximum absolute atomic E-state index is 10.6. The number of hydrogen-bond acceptors (Lipinski definition) is 7. The van der Waals surface area contributed by atoms with Crippen molar-refractivity contribution in [2.45, 2.75) is 0 Å². The molecule has 0 saturated carbocycles. The highest BCUT2D eigenvalue weighted by molar-refractivity contribution is 5.85. The second kappa shape index (κ2) is 2.97. The number of hydrogen-bond donors (Lipinski definition) is 0. The molecule has 0 unspecified atom stereocenters. The molecule has 0 bridgehead atoms. The summed E-state index contributed by atoms with van der Waals surface area (Å²) in [5.41, 5.74) is -1.05. The van der Waals surface area contributed by atoms with Crippen molar-refractivity contribution in [3.63, 3.8) is 0 Å². The van der Waals surface area contributed by atoms with Gasteiger partial charge in [0.25, 0.3) is 5.69 Å². The number of rotatable bonds is 2. The molecule has 0 spiro atoms. The van der Waals surface area contributed by atoms with Crippen molar-refractivity contribution in [2.24, 2.45) is 0 Å². The van der Waals surface area contributed by atoms with Crippen LogP contribution in [0.2, 0.25) is 0 Å². The SMILES string of the molecule is O=[N+]([O-])c1cc([N+](=O)[O-])c2nonc2c1. The van der Waals surface area contributed by atoms with Crippen LogP contribution in [0, 0.1) is 20.2 Å². The van der Waals surface area contributed by atoms with Crippen LogP contribution in [0.4, 0.5) is 11.4 Å².